The molecule has 2 aromatic carbocycles. The SMILES string of the molecule is Cc1ccccc1[C@H]1C=C[C@@]2(CN(C(=O)OC(C)(C)C)c3ccccc32)O1. The van der Waals surface area contributed by atoms with Crippen molar-refractivity contribution in [3.63, 3.8) is 0 Å². The van der Waals surface area contributed by atoms with Crippen molar-refractivity contribution in [2.75, 3.05) is 11.4 Å². The fraction of sp³-hybridized carbons (Fsp3) is 0.348. The van der Waals surface area contributed by atoms with Crippen LogP contribution in [0.5, 0.6) is 0 Å². The maximum Gasteiger partial charge on any atom is 0.414 e. The number of fused-ring (bicyclic) bond motifs is 2. The number of carbonyl (C=O) groups excluding carboxylic acids is 1. The number of ether oxygens (including phenoxy) is 2. The average Bonchev–Trinajstić information content (AvgIpc) is 3.17. The molecule has 2 aliphatic heterocycles. The number of amides is 1. The van der Waals surface area contributed by atoms with E-state index in [0.29, 0.717) is 6.54 Å². The highest BCUT2D eigenvalue weighted by molar-refractivity contribution is 5.92. The smallest absolute Gasteiger partial charge is 0.414 e. The lowest BCUT2D eigenvalue weighted by molar-refractivity contribution is -0.0191. The lowest BCUT2D eigenvalue weighted by atomic mass is 9.97. The van der Waals surface area contributed by atoms with Crippen molar-refractivity contribution in [1.29, 1.82) is 0 Å². The third-order valence-corrected chi connectivity index (χ3v) is 5.03. The number of hydrogen-bond acceptors (Lipinski definition) is 3. The number of aryl methyl sites for hydroxylation is 1. The molecule has 0 fully saturated rings. The van der Waals surface area contributed by atoms with Gasteiger partial charge in [-0.25, -0.2) is 4.79 Å². The predicted molar refractivity (Wildman–Crippen MR) is 106 cm³/mol. The highest BCUT2D eigenvalue weighted by Gasteiger charge is 2.48. The van der Waals surface area contributed by atoms with Crippen LogP contribution in [0, 0.1) is 6.92 Å². The van der Waals surface area contributed by atoms with E-state index in [-0.39, 0.29) is 12.2 Å². The van der Waals surface area contributed by atoms with Crippen LogP contribution in [0.2, 0.25) is 0 Å². The van der Waals surface area contributed by atoms with Gasteiger partial charge in [-0.15, -0.1) is 0 Å². The molecule has 2 atom stereocenters. The van der Waals surface area contributed by atoms with E-state index < -0.39 is 11.2 Å². The Morgan fingerprint density at radius 1 is 1.15 bits per heavy atom. The molecule has 27 heavy (non-hydrogen) atoms. The van der Waals surface area contributed by atoms with E-state index in [4.69, 9.17) is 9.47 Å². The fourth-order valence-corrected chi connectivity index (χ4v) is 3.82. The van der Waals surface area contributed by atoms with Crippen LogP contribution < -0.4 is 4.90 Å². The summed E-state index contributed by atoms with van der Waals surface area (Å²) in [6.07, 6.45) is 3.71. The third kappa shape index (κ3) is 3.15. The second-order valence-corrected chi connectivity index (χ2v) is 8.23. The van der Waals surface area contributed by atoms with Crippen molar-refractivity contribution >= 4 is 11.8 Å². The van der Waals surface area contributed by atoms with Crippen molar-refractivity contribution < 1.29 is 14.3 Å². The standard InChI is InChI=1S/C23H25NO3/c1-16-9-5-6-10-17(16)20-13-14-23(26-20)15-24(21(25)27-22(2,3)4)19-12-8-7-11-18(19)23/h5-14,20H,15H2,1-4H3/t20-,23+/m1/s1. The van der Waals surface area contributed by atoms with Crippen molar-refractivity contribution in [3.8, 4) is 0 Å². The number of carbonyl (C=O) groups is 1. The van der Waals surface area contributed by atoms with Crippen LogP contribution in [0.1, 0.15) is 43.6 Å². The monoisotopic (exact) mass is 363 g/mol. The summed E-state index contributed by atoms with van der Waals surface area (Å²) in [4.78, 5) is 14.5. The van der Waals surface area contributed by atoms with Crippen LogP contribution in [0.3, 0.4) is 0 Å². The van der Waals surface area contributed by atoms with Gasteiger partial charge >= 0.3 is 6.09 Å². The number of hydrogen-bond donors (Lipinski definition) is 0. The molecule has 1 spiro atoms. The van der Waals surface area contributed by atoms with Gasteiger partial charge in [0.05, 0.1) is 12.2 Å². The molecule has 140 valence electrons. The van der Waals surface area contributed by atoms with Gasteiger partial charge in [0, 0.05) is 5.56 Å². The molecular weight excluding hydrogens is 338 g/mol. The van der Waals surface area contributed by atoms with Crippen LogP contribution in [0.15, 0.2) is 60.7 Å². The number of para-hydroxylation sites is 1. The molecule has 4 rings (SSSR count). The molecule has 4 heteroatoms. The van der Waals surface area contributed by atoms with E-state index in [9.17, 15) is 4.79 Å². The molecule has 2 aliphatic rings. The van der Waals surface area contributed by atoms with Crippen molar-refractivity contribution in [3.05, 3.63) is 77.4 Å². The van der Waals surface area contributed by atoms with E-state index in [1.165, 1.54) is 5.56 Å². The Hall–Kier alpha value is -2.59. The Bertz CT molecular complexity index is 912. The zero-order chi connectivity index (χ0) is 19.2. The van der Waals surface area contributed by atoms with Crippen LogP contribution in [0.4, 0.5) is 10.5 Å². The van der Waals surface area contributed by atoms with E-state index in [1.807, 2.05) is 57.2 Å². The molecule has 1 amide bonds. The third-order valence-electron chi connectivity index (χ3n) is 5.03. The van der Waals surface area contributed by atoms with Gasteiger partial charge in [0.25, 0.3) is 0 Å². The first kappa shape index (κ1) is 17.8. The average molecular weight is 363 g/mol. The Morgan fingerprint density at radius 3 is 2.59 bits per heavy atom. The number of benzene rings is 2. The molecule has 2 aromatic rings. The molecule has 0 radical (unpaired) electrons. The summed E-state index contributed by atoms with van der Waals surface area (Å²) in [7, 11) is 0. The minimum atomic E-state index is -0.638. The molecule has 0 bridgehead atoms. The fourth-order valence-electron chi connectivity index (χ4n) is 3.82. The van der Waals surface area contributed by atoms with Gasteiger partial charge in [0.15, 0.2) is 0 Å². The first-order chi connectivity index (χ1) is 12.8. The minimum Gasteiger partial charge on any atom is -0.443 e. The summed E-state index contributed by atoms with van der Waals surface area (Å²) in [6, 6.07) is 16.1. The van der Waals surface area contributed by atoms with Crippen LogP contribution in [-0.4, -0.2) is 18.2 Å². The summed E-state index contributed by atoms with van der Waals surface area (Å²) in [5, 5.41) is 0. The highest BCUT2D eigenvalue weighted by Crippen LogP contribution is 2.49. The van der Waals surface area contributed by atoms with Gasteiger partial charge in [0.2, 0.25) is 0 Å². The second kappa shape index (κ2) is 6.24. The number of rotatable bonds is 1. The lowest BCUT2D eigenvalue weighted by Gasteiger charge is -2.28. The Balaban J connectivity index is 1.67. The van der Waals surface area contributed by atoms with Crippen molar-refractivity contribution in [1.82, 2.24) is 0 Å². The summed E-state index contributed by atoms with van der Waals surface area (Å²) in [5.74, 6) is 0. The van der Waals surface area contributed by atoms with Crippen LogP contribution in [-0.2, 0) is 15.1 Å². The number of anilines is 1. The first-order valence-corrected chi connectivity index (χ1v) is 9.32. The normalized spacial score (nSPS) is 23.7. The van der Waals surface area contributed by atoms with Crippen LogP contribution >= 0.6 is 0 Å². The second-order valence-electron chi connectivity index (χ2n) is 8.23. The summed E-state index contributed by atoms with van der Waals surface area (Å²) in [5.41, 5.74) is 3.02. The Kier molecular flexibility index (Phi) is 4.11. The van der Waals surface area contributed by atoms with Gasteiger partial charge < -0.3 is 9.47 Å². The molecule has 2 heterocycles. The van der Waals surface area contributed by atoms with E-state index in [1.54, 1.807) is 4.90 Å². The molecule has 0 aromatic heterocycles. The summed E-state index contributed by atoms with van der Waals surface area (Å²) >= 11 is 0. The minimum absolute atomic E-state index is 0.127. The van der Waals surface area contributed by atoms with Crippen LogP contribution in [0.25, 0.3) is 0 Å². The van der Waals surface area contributed by atoms with Gasteiger partial charge in [-0.05, 0) is 51.0 Å². The van der Waals surface area contributed by atoms with Crippen molar-refractivity contribution in [2.45, 2.75) is 45.0 Å². The van der Waals surface area contributed by atoms with E-state index in [0.717, 1.165) is 16.8 Å². The predicted octanol–water partition coefficient (Wildman–Crippen LogP) is 5.27. The van der Waals surface area contributed by atoms with Crippen molar-refractivity contribution in [2.24, 2.45) is 0 Å². The Labute approximate surface area is 160 Å². The molecule has 0 saturated heterocycles. The summed E-state index contributed by atoms with van der Waals surface area (Å²) in [6.45, 7) is 8.14. The van der Waals surface area contributed by atoms with Gasteiger partial charge in [-0.1, -0.05) is 48.5 Å². The largest absolute Gasteiger partial charge is 0.443 e. The topological polar surface area (TPSA) is 38.8 Å². The zero-order valence-electron chi connectivity index (χ0n) is 16.2. The zero-order valence-corrected chi connectivity index (χ0v) is 16.2. The first-order valence-electron chi connectivity index (χ1n) is 9.32. The van der Waals surface area contributed by atoms with Gasteiger partial charge in [0.1, 0.15) is 17.3 Å². The van der Waals surface area contributed by atoms with E-state index >= 15 is 0 Å². The number of nitrogens with zero attached hydrogens (tertiary/aromatic N) is 1. The van der Waals surface area contributed by atoms with Gasteiger partial charge in [-0.3, -0.25) is 4.90 Å². The molecule has 0 saturated carbocycles. The quantitative estimate of drug-likeness (QED) is 0.648. The Morgan fingerprint density at radius 2 is 1.85 bits per heavy atom. The molecule has 4 nitrogen and oxygen atoms in total. The molecular formula is C23H25NO3. The lowest BCUT2D eigenvalue weighted by Crippen LogP contribution is -2.40. The molecule has 0 unspecified atom stereocenters. The van der Waals surface area contributed by atoms with Gasteiger partial charge in [-0.2, -0.15) is 0 Å². The van der Waals surface area contributed by atoms with E-state index in [2.05, 4.69) is 31.2 Å². The maximum absolute atomic E-state index is 12.8. The maximum atomic E-state index is 12.8. The summed E-state index contributed by atoms with van der Waals surface area (Å²) < 4.78 is 12.2. The molecule has 0 N–H and O–H groups in total. The highest BCUT2D eigenvalue weighted by atomic mass is 16.6. The molecule has 0 aliphatic carbocycles.